The maximum atomic E-state index is 2.65. The molecule has 3 aliphatic rings. The molecule has 0 aromatic heterocycles. The van der Waals surface area contributed by atoms with Gasteiger partial charge in [0.05, 0.1) is 0 Å². The summed E-state index contributed by atoms with van der Waals surface area (Å²) in [6, 6.07) is 12.5. The van der Waals surface area contributed by atoms with Gasteiger partial charge in [0, 0.05) is 0 Å². The van der Waals surface area contributed by atoms with E-state index < -0.39 is 21.3 Å². The number of hydrogen-bond acceptors (Lipinski definition) is 0. The van der Waals surface area contributed by atoms with Crippen LogP contribution >= 0.6 is 0 Å². The molecule has 0 amide bonds. The van der Waals surface area contributed by atoms with Crippen molar-refractivity contribution in [1.29, 1.82) is 0 Å². The molecule has 2 aromatic rings. The molecule has 168 valence electrons. The molecular formula is C29H34Cl2Zr. The number of rotatable bonds is 2. The van der Waals surface area contributed by atoms with Gasteiger partial charge in [-0.2, -0.15) is 0 Å². The average Bonchev–Trinajstić information content (AvgIpc) is 3.21. The third-order valence-corrected chi connectivity index (χ3v) is 14.8. The Bertz CT molecular complexity index is 1140. The Morgan fingerprint density at radius 1 is 0.781 bits per heavy atom. The minimum atomic E-state index is -1.93. The molecule has 0 radical (unpaired) electrons. The number of hydrogen-bond donors (Lipinski definition) is 0. The van der Waals surface area contributed by atoms with E-state index in [1.807, 2.05) is 3.21 Å². The smallest absolute Gasteiger partial charge is 1.00 e. The Balaban J connectivity index is 0.00000144. The van der Waals surface area contributed by atoms with Gasteiger partial charge in [0.15, 0.2) is 0 Å². The van der Waals surface area contributed by atoms with Crippen LogP contribution in [-0.2, 0) is 38.5 Å². The summed E-state index contributed by atoms with van der Waals surface area (Å²) in [6.45, 7) is 14.1. The van der Waals surface area contributed by atoms with Gasteiger partial charge in [-0.3, -0.25) is 0 Å². The second-order valence-corrected chi connectivity index (χ2v) is 17.9. The summed E-state index contributed by atoms with van der Waals surface area (Å²) < 4.78 is 5.52. The zero-order valence-corrected chi connectivity index (χ0v) is 24.2. The van der Waals surface area contributed by atoms with Crippen molar-refractivity contribution < 1.29 is 46.1 Å². The third-order valence-electron chi connectivity index (χ3n) is 6.96. The first kappa shape index (κ1) is 25.9. The van der Waals surface area contributed by atoms with Crippen molar-refractivity contribution in [3.63, 3.8) is 0 Å². The molecule has 0 heterocycles. The number of halogens is 2. The molecule has 0 aliphatic heterocycles. The van der Waals surface area contributed by atoms with Gasteiger partial charge < -0.3 is 24.8 Å². The van der Waals surface area contributed by atoms with Crippen molar-refractivity contribution >= 4 is 6.48 Å². The molecule has 0 nitrogen and oxygen atoms in total. The van der Waals surface area contributed by atoms with E-state index in [0.29, 0.717) is 0 Å². The van der Waals surface area contributed by atoms with Crippen LogP contribution in [0, 0.1) is 0 Å². The minimum absolute atomic E-state index is 0. The molecule has 1 saturated carbocycles. The molecule has 5 rings (SSSR count). The summed E-state index contributed by atoms with van der Waals surface area (Å²) >= 11 is -1.93. The molecule has 0 N–H and O–H groups in total. The molecule has 0 saturated heterocycles. The van der Waals surface area contributed by atoms with Crippen LogP contribution < -0.4 is 28.1 Å². The fourth-order valence-electron chi connectivity index (χ4n) is 4.93. The summed E-state index contributed by atoms with van der Waals surface area (Å²) in [5.74, 6) is 0. The second kappa shape index (κ2) is 9.13. The first-order valence-corrected chi connectivity index (χ1v) is 15.2. The van der Waals surface area contributed by atoms with E-state index in [2.05, 4.69) is 90.1 Å². The standard InChI is InChI=1S/C21H25.C5H5.C3H4.2ClH.Zr/c1-20(2,3)16-9-7-14-11-15-8-10-17(21(4,5)6)13-19(15)18(14)12-16;1-2-4-5-3-1;1-2-3-1;;;/h7,9-10,12-13H,11H2,1-6H3;1-3H,4H2;1-2H2;2*1H;/q;;;;;+2/p-2. The largest absolute Gasteiger partial charge is 1.00 e. The topological polar surface area (TPSA) is 0 Å². The van der Waals surface area contributed by atoms with Crippen LogP contribution in [0.25, 0.3) is 11.1 Å². The molecule has 0 bridgehead atoms. The van der Waals surface area contributed by atoms with Crippen LogP contribution in [0.2, 0.25) is 0 Å². The molecular weight excluding hydrogens is 510 g/mol. The summed E-state index contributed by atoms with van der Waals surface area (Å²) in [5.41, 5.74) is 9.60. The van der Waals surface area contributed by atoms with Crippen LogP contribution in [0.15, 0.2) is 51.8 Å². The van der Waals surface area contributed by atoms with Crippen LogP contribution in [0.3, 0.4) is 0 Å². The van der Waals surface area contributed by atoms with Gasteiger partial charge in [-0.1, -0.05) is 0 Å². The van der Waals surface area contributed by atoms with Gasteiger partial charge >= 0.3 is 191 Å². The zero-order chi connectivity index (χ0) is 21.3. The predicted molar refractivity (Wildman–Crippen MR) is 128 cm³/mol. The van der Waals surface area contributed by atoms with E-state index in [0.717, 1.165) is 6.42 Å². The van der Waals surface area contributed by atoms with E-state index in [1.165, 1.54) is 41.5 Å². The third kappa shape index (κ3) is 4.73. The predicted octanol–water partition coefficient (Wildman–Crippen LogP) is 0.914. The van der Waals surface area contributed by atoms with Crippen LogP contribution in [0.1, 0.15) is 83.1 Å². The Morgan fingerprint density at radius 3 is 2.00 bits per heavy atom. The van der Waals surface area contributed by atoms with Crippen LogP contribution in [0.4, 0.5) is 0 Å². The minimum Gasteiger partial charge on any atom is -1.00 e. The van der Waals surface area contributed by atoms with Gasteiger partial charge in [0.2, 0.25) is 0 Å². The normalized spacial score (nSPS) is 15.8. The maximum Gasteiger partial charge on any atom is -1.00 e. The zero-order valence-electron chi connectivity index (χ0n) is 20.2. The van der Waals surface area contributed by atoms with Crippen LogP contribution in [0.5, 0.6) is 0 Å². The van der Waals surface area contributed by atoms with Gasteiger partial charge in [0.1, 0.15) is 0 Å². The van der Waals surface area contributed by atoms with E-state index in [4.69, 9.17) is 0 Å². The molecule has 2 aromatic carbocycles. The van der Waals surface area contributed by atoms with Gasteiger partial charge in [-0.15, -0.1) is 0 Å². The number of fused-ring (bicyclic) bond motifs is 3. The summed E-state index contributed by atoms with van der Waals surface area (Å²) in [6.07, 6.45) is 12.3. The SMILES string of the molecule is CC(C)(C)c1ccc2c(c1)-c1cc(C(C)(C)C)c[c]([Zr+2]([C]3=CC=CC3)=[C]3CC3)c1C2.[Cl-].[Cl-]. The number of benzene rings is 2. The van der Waals surface area contributed by atoms with E-state index in [9.17, 15) is 0 Å². The van der Waals surface area contributed by atoms with Crippen molar-refractivity contribution in [1.82, 2.24) is 0 Å². The Kier molecular flexibility index (Phi) is 7.38. The monoisotopic (exact) mass is 542 g/mol. The van der Waals surface area contributed by atoms with Crippen molar-refractivity contribution in [2.24, 2.45) is 0 Å². The molecule has 3 heteroatoms. The first-order chi connectivity index (χ1) is 14.1. The fraction of sp³-hybridized carbons (Fsp3) is 0.414. The molecule has 0 atom stereocenters. The second-order valence-electron chi connectivity index (χ2n) is 11.4. The molecule has 1 fully saturated rings. The fourth-order valence-corrected chi connectivity index (χ4v) is 12.8. The van der Waals surface area contributed by atoms with Crippen molar-refractivity contribution in [2.75, 3.05) is 0 Å². The van der Waals surface area contributed by atoms with E-state index >= 15 is 0 Å². The van der Waals surface area contributed by atoms with E-state index in [1.54, 1.807) is 17.7 Å². The number of allylic oxidation sites excluding steroid dienone is 4. The van der Waals surface area contributed by atoms with Crippen LogP contribution in [-0.4, -0.2) is 3.21 Å². The summed E-state index contributed by atoms with van der Waals surface area (Å²) in [4.78, 5) is 0. The summed E-state index contributed by atoms with van der Waals surface area (Å²) in [5, 5.41) is 0. The Hall–Kier alpha value is -0.747. The first-order valence-electron chi connectivity index (χ1n) is 11.5. The van der Waals surface area contributed by atoms with Gasteiger partial charge in [-0.05, 0) is 0 Å². The molecule has 32 heavy (non-hydrogen) atoms. The van der Waals surface area contributed by atoms with Crippen molar-refractivity contribution in [3.05, 3.63) is 74.1 Å². The van der Waals surface area contributed by atoms with Crippen molar-refractivity contribution in [2.45, 2.75) is 78.1 Å². The Morgan fingerprint density at radius 2 is 1.44 bits per heavy atom. The quantitative estimate of drug-likeness (QED) is 0.450. The maximum absolute atomic E-state index is 2.65. The van der Waals surface area contributed by atoms with E-state index in [-0.39, 0.29) is 35.6 Å². The molecule has 3 aliphatic carbocycles. The average molecular weight is 545 g/mol. The summed E-state index contributed by atoms with van der Waals surface area (Å²) in [7, 11) is 0. The Labute approximate surface area is 214 Å². The molecule has 0 spiro atoms. The molecule has 0 unspecified atom stereocenters. The van der Waals surface area contributed by atoms with Crippen molar-refractivity contribution in [3.8, 4) is 11.1 Å². The van der Waals surface area contributed by atoms with Gasteiger partial charge in [-0.25, -0.2) is 0 Å². The van der Waals surface area contributed by atoms with Gasteiger partial charge in [0.25, 0.3) is 0 Å².